The van der Waals surface area contributed by atoms with Gasteiger partial charge in [-0.1, -0.05) is 41.2 Å². The van der Waals surface area contributed by atoms with E-state index in [-0.39, 0.29) is 27.9 Å². The summed E-state index contributed by atoms with van der Waals surface area (Å²) in [7, 11) is 0. The number of nitrogens with zero attached hydrogens (tertiary/aromatic N) is 2. The molecular formula is C28H28N2O6S. The molecule has 0 bridgehead atoms. The Hall–Kier alpha value is -3.98. The number of aliphatic hydroxyl groups is 1. The molecule has 0 aliphatic carbocycles. The first-order valence-electron chi connectivity index (χ1n) is 11.9. The highest BCUT2D eigenvalue weighted by Crippen LogP contribution is 2.44. The zero-order valence-corrected chi connectivity index (χ0v) is 22.1. The highest BCUT2D eigenvalue weighted by atomic mass is 32.1. The first-order valence-corrected chi connectivity index (χ1v) is 12.7. The first kappa shape index (κ1) is 26.1. The summed E-state index contributed by atoms with van der Waals surface area (Å²) in [5.74, 6) is -1.85. The lowest BCUT2D eigenvalue weighted by molar-refractivity contribution is -0.132. The number of hydrogen-bond donors (Lipinski definition) is 1. The number of aliphatic hydroxyl groups excluding tert-OH is 1. The molecule has 8 nitrogen and oxygen atoms in total. The molecule has 0 radical (unpaired) electrons. The quantitative estimate of drug-likeness (QED) is 0.196. The number of Topliss-reactive ketones (excluding diaryl/α,β-unsaturated/α-hetero) is 1. The van der Waals surface area contributed by atoms with E-state index in [2.05, 4.69) is 4.98 Å². The second kappa shape index (κ2) is 10.6. The Morgan fingerprint density at radius 3 is 2.41 bits per heavy atom. The van der Waals surface area contributed by atoms with Crippen LogP contribution in [0.3, 0.4) is 0 Å². The van der Waals surface area contributed by atoms with E-state index in [0.717, 1.165) is 22.5 Å². The Morgan fingerprint density at radius 2 is 1.76 bits per heavy atom. The minimum absolute atomic E-state index is 0.0478. The second-order valence-corrected chi connectivity index (χ2v) is 9.60. The van der Waals surface area contributed by atoms with Crippen molar-refractivity contribution in [1.82, 2.24) is 4.98 Å². The van der Waals surface area contributed by atoms with Crippen molar-refractivity contribution in [2.45, 2.75) is 40.7 Å². The minimum Gasteiger partial charge on any atom is -0.507 e. The number of ketones is 1. The molecule has 1 amide bonds. The van der Waals surface area contributed by atoms with Crippen molar-refractivity contribution in [3.63, 3.8) is 0 Å². The van der Waals surface area contributed by atoms with Crippen LogP contribution >= 0.6 is 11.3 Å². The number of hydrogen-bond acceptors (Lipinski definition) is 8. The molecule has 1 unspecified atom stereocenters. The second-order valence-electron chi connectivity index (χ2n) is 8.62. The normalized spacial score (nSPS) is 16.8. The van der Waals surface area contributed by atoms with Crippen molar-refractivity contribution in [1.29, 1.82) is 0 Å². The van der Waals surface area contributed by atoms with Gasteiger partial charge in [0.15, 0.2) is 5.13 Å². The molecule has 37 heavy (non-hydrogen) atoms. The van der Waals surface area contributed by atoms with Crippen LogP contribution in [-0.2, 0) is 14.3 Å². The van der Waals surface area contributed by atoms with Crippen LogP contribution in [0.25, 0.3) is 5.76 Å². The molecule has 9 heteroatoms. The van der Waals surface area contributed by atoms with Crippen molar-refractivity contribution >= 4 is 39.9 Å². The summed E-state index contributed by atoms with van der Waals surface area (Å²) in [6.45, 7) is 9.61. The number of anilines is 1. The number of ether oxygens (including phenoxy) is 2. The number of esters is 1. The third-order valence-corrected chi connectivity index (χ3v) is 7.19. The molecule has 2 aromatic carbocycles. The lowest BCUT2D eigenvalue weighted by atomic mass is 9.93. The Kier molecular flexibility index (Phi) is 7.45. The van der Waals surface area contributed by atoms with Crippen LogP contribution in [0.4, 0.5) is 5.13 Å². The number of amides is 1. The smallest absolute Gasteiger partial charge is 0.350 e. The van der Waals surface area contributed by atoms with Gasteiger partial charge in [0.05, 0.1) is 30.5 Å². The number of thiazole rings is 1. The van der Waals surface area contributed by atoms with Crippen molar-refractivity contribution in [3.8, 4) is 5.75 Å². The molecule has 1 fully saturated rings. The molecule has 3 aromatic rings. The first-order chi connectivity index (χ1) is 17.7. The average molecular weight is 521 g/mol. The van der Waals surface area contributed by atoms with Crippen molar-refractivity contribution < 1.29 is 29.0 Å². The van der Waals surface area contributed by atoms with E-state index in [1.54, 1.807) is 44.2 Å². The van der Waals surface area contributed by atoms with E-state index >= 15 is 0 Å². The van der Waals surface area contributed by atoms with Gasteiger partial charge in [0, 0.05) is 5.56 Å². The molecule has 1 aliphatic rings. The van der Waals surface area contributed by atoms with Crippen LogP contribution < -0.4 is 9.64 Å². The Bertz CT molecular complexity index is 1410. The van der Waals surface area contributed by atoms with Crippen molar-refractivity contribution in [2.75, 3.05) is 18.1 Å². The lowest BCUT2D eigenvalue weighted by Gasteiger charge is -2.23. The average Bonchev–Trinajstić information content (AvgIpc) is 3.38. The molecule has 1 aliphatic heterocycles. The summed E-state index contributed by atoms with van der Waals surface area (Å²) in [4.78, 5) is 45.2. The van der Waals surface area contributed by atoms with Crippen LogP contribution in [-0.4, -0.2) is 41.0 Å². The topological polar surface area (TPSA) is 106 Å². The molecule has 1 aromatic heterocycles. The van der Waals surface area contributed by atoms with Gasteiger partial charge >= 0.3 is 11.9 Å². The number of aryl methyl sites for hydroxylation is 3. The summed E-state index contributed by atoms with van der Waals surface area (Å²) >= 11 is 0.974. The maximum Gasteiger partial charge on any atom is 0.350 e. The zero-order valence-electron chi connectivity index (χ0n) is 21.3. The standard InChI is InChI=1S/C28H28N2O6S/c1-6-35-19-12-10-18(11-13-19)22-21(23(31)20-14-15(3)8-9-16(20)4)24(32)26(33)30(22)28-29-17(5)25(37-28)27(34)36-7-2/h8-14,22,31H,6-7H2,1-5H3. The fraction of sp³-hybridized carbons (Fsp3) is 0.286. The van der Waals surface area contributed by atoms with Crippen LogP contribution in [0.15, 0.2) is 48.0 Å². The fourth-order valence-electron chi connectivity index (χ4n) is 4.27. The van der Waals surface area contributed by atoms with Gasteiger partial charge in [-0.25, -0.2) is 9.78 Å². The number of aromatic nitrogens is 1. The maximum absolute atomic E-state index is 13.4. The van der Waals surface area contributed by atoms with Gasteiger partial charge in [0.25, 0.3) is 5.78 Å². The van der Waals surface area contributed by atoms with Gasteiger partial charge in [0.1, 0.15) is 16.4 Å². The van der Waals surface area contributed by atoms with Crippen LogP contribution in [0.2, 0.25) is 0 Å². The summed E-state index contributed by atoms with van der Waals surface area (Å²) in [6.07, 6.45) is 0. The molecule has 1 saturated heterocycles. The number of carbonyl (C=O) groups excluding carboxylic acids is 3. The maximum atomic E-state index is 13.4. The number of benzene rings is 2. The summed E-state index contributed by atoms with van der Waals surface area (Å²) in [6, 6.07) is 11.6. The molecule has 2 heterocycles. The predicted molar refractivity (Wildman–Crippen MR) is 141 cm³/mol. The molecule has 1 atom stereocenters. The SMILES string of the molecule is CCOC(=O)c1sc(N2C(=O)C(=O)C(=C(O)c3cc(C)ccc3C)C2c2ccc(OCC)cc2)nc1C. The molecule has 192 valence electrons. The van der Waals surface area contributed by atoms with Crippen LogP contribution in [0, 0.1) is 20.8 Å². The Balaban J connectivity index is 1.92. The molecule has 0 saturated carbocycles. The van der Waals surface area contributed by atoms with Gasteiger partial charge < -0.3 is 14.6 Å². The van der Waals surface area contributed by atoms with Crippen LogP contribution in [0.1, 0.15) is 57.5 Å². The minimum atomic E-state index is -0.962. The number of carbonyl (C=O) groups is 3. The lowest BCUT2D eigenvalue weighted by Crippen LogP contribution is -2.29. The van der Waals surface area contributed by atoms with Crippen molar-refractivity contribution in [2.24, 2.45) is 0 Å². The van der Waals surface area contributed by atoms with Gasteiger partial charge in [-0.15, -0.1) is 0 Å². The Morgan fingerprint density at radius 1 is 1.05 bits per heavy atom. The van der Waals surface area contributed by atoms with E-state index in [0.29, 0.717) is 29.2 Å². The zero-order chi connectivity index (χ0) is 26.9. The van der Waals surface area contributed by atoms with Gasteiger partial charge in [-0.05, 0) is 63.9 Å². The molecule has 0 spiro atoms. The van der Waals surface area contributed by atoms with E-state index < -0.39 is 23.7 Å². The van der Waals surface area contributed by atoms with Gasteiger partial charge in [-0.3, -0.25) is 14.5 Å². The summed E-state index contributed by atoms with van der Waals surface area (Å²) in [5.41, 5.74) is 3.05. The van der Waals surface area contributed by atoms with E-state index in [1.807, 2.05) is 32.9 Å². The third kappa shape index (κ3) is 4.86. The predicted octanol–water partition coefficient (Wildman–Crippen LogP) is 5.27. The summed E-state index contributed by atoms with van der Waals surface area (Å²) < 4.78 is 10.7. The highest BCUT2D eigenvalue weighted by Gasteiger charge is 2.48. The van der Waals surface area contributed by atoms with E-state index in [9.17, 15) is 19.5 Å². The Labute approximate surface area is 219 Å². The van der Waals surface area contributed by atoms with Crippen molar-refractivity contribution in [3.05, 3.63) is 80.9 Å². The third-order valence-electron chi connectivity index (χ3n) is 6.05. The molecule has 1 N–H and O–H groups in total. The summed E-state index contributed by atoms with van der Waals surface area (Å²) in [5, 5.41) is 11.6. The van der Waals surface area contributed by atoms with E-state index in [1.165, 1.54) is 4.90 Å². The van der Waals surface area contributed by atoms with E-state index in [4.69, 9.17) is 9.47 Å². The fourth-order valence-corrected chi connectivity index (χ4v) is 5.25. The number of rotatable bonds is 7. The largest absolute Gasteiger partial charge is 0.507 e. The highest BCUT2D eigenvalue weighted by molar-refractivity contribution is 7.17. The molecular weight excluding hydrogens is 492 g/mol. The molecule has 4 rings (SSSR count). The van der Waals surface area contributed by atoms with Crippen LogP contribution in [0.5, 0.6) is 5.75 Å². The monoisotopic (exact) mass is 520 g/mol. The van der Waals surface area contributed by atoms with Gasteiger partial charge in [0.2, 0.25) is 0 Å². The van der Waals surface area contributed by atoms with Gasteiger partial charge in [-0.2, -0.15) is 0 Å².